The number of hydrogen-bond donors (Lipinski definition) is 3. The molecule has 2 amide bonds. The molecule has 3 fully saturated rings. The van der Waals surface area contributed by atoms with E-state index in [9.17, 15) is 14.7 Å². The molecule has 3 aliphatic heterocycles. The molecule has 0 aliphatic carbocycles. The van der Waals surface area contributed by atoms with E-state index in [2.05, 4.69) is 27.0 Å². The average Bonchev–Trinajstić information content (AvgIpc) is 3.06. The number of aromatic nitrogens is 2. The summed E-state index contributed by atoms with van der Waals surface area (Å²) in [4.78, 5) is 27.5. The maximum Gasteiger partial charge on any atom is 0.415 e. The number of piperidine rings is 3. The molecule has 8 nitrogen and oxygen atoms in total. The highest BCUT2D eigenvalue weighted by Crippen LogP contribution is 2.28. The van der Waals surface area contributed by atoms with E-state index >= 15 is 0 Å². The maximum atomic E-state index is 12.8. The topological polar surface area (TPSA) is 102 Å². The van der Waals surface area contributed by atoms with E-state index in [4.69, 9.17) is 0 Å². The number of rotatable bonds is 4. The van der Waals surface area contributed by atoms with Gasteiger partial charge in [0.15, 0.2) is 5.69 Å². The van der Waals surface area contributed by atoms with Crippen molar-refractivity contribution < 1.29 is 14.7 Å². The summed E-state index contributed by atoms with van der Waals surface area (Å²) in [7, 11) is 0. The lowest BCUT2D eigenvalue weighted by atomic mass is 9.84. The van der Waals surface area contributed by atoms with Crippen molar-refractivity contribution >= 4 is 28.6 Å². The van der Waals surface area contributed by atoms with Crippen molar-refractivity contribution in [3.63, 3.8) is 0 Å². The molecule has 3 N–H and O–H groups in total. The van der Waals surface area contributed by atoms with Gasteiger partial charge in [0.2, 0.25) is 0 Å². The van der Waals surface area contributed by atoms with Crippen molar-refractivity contribution in [1.29, 1.82) is 0 Å². The zero-order chi connectivity index (χ0) is 18.3. The fourth-order valence-corrected chi connectivity index (χ4v) is 3.98. The van der Waals surface area contributed by atoms with Gasteiger partial charge in [0.25, 0.3) is 5.91 Å². The van der Waals surface area contributed by atoms with Gasteiger partial charge in [-0.2, -0.15) is 5.10 Å². The van der Waals surface area contributed by atoms with Crippen LogP contribution in [0.1, 0.15) is 23.3 Å². The molecular weight excluding hydrogens is 334 g/mol. The second-order valence-electron chi connectivity index (χ2n) is 6.86. The van der Waals surface area contributed by atoms with Crippen LogP contribution in [0.15, 0.2) is 31.0 Å². The molecule has 0 radical (unpaired) electrons. The zero-order valence-corrected chi connectivity index (χ0v) is 14.3. The Morgan fingerprint density at radius 3 is 2.77 bits per heavy atom. The summed E-state index contributed by atoms with van der Waals surface area (Å²) in [6.45, 7) is 6.62. The lowest BCUT2D eigenvalue weighted by Crippen LogP contribution is -2.57. The first kappa shape index (κ1) is 16.6. The van der Waals surface area contributed by atoms with E-state index in [1.807, 2.05) is 0 Å². The number of nitrogens with one attached hydrogen (secondary N) is 2. The van der Waals surface area contributed by atoms with Crippen LogP contribution < -0.4 is 10.2 Å². The van der Waals surface area contributed by atoms with Gasteiger partial charge in [-0.1, -0.05) is 6.58 Å². The van der Waals surface area contributed by atoms with Gasteiger partial charge in [-0.05, 0) is 50.0 Å². The summed E-state index contributed by atoms with van der Waals surface area (Å²) in [6, 6.07) is 5.14. The van der Waals surface area contributed by atoms with Crippen molar-refractivity contribution in [2.45, 2.75) is 18.9 Å². The second-order valence-corrected chi connectivity index (χ2v) is 6.86. The van der Waals surface area contributed by atoms with E-state index in [0.717, 1.165) is 37.4 Å². The number of fused-ring (bicyclic) bond motifs is 4. The molecule has 1 aromatic carbocycles. The lowest BCUT2D eigenvalue weighted by molar-refractivity contribution is 0.0618. The Bertz CT molecular complexity index is 869. The number of carbonyl (C=O) groups excluding carboxylic acids is 1. The summed E-state index contributed by atoms with van der Waals surface area (Å²) in [5.74, 6) is 0.292. The van der Waals surface area contributed by atoms with E-state index in [0.29, 0.717) is 22.5 Å². The van der Waals surface area contributed by atoms with Gasteiger partial charge in [-0.3, -0.25) is 14.8 Å². The highest BCUT2D eigenvalue weighted by Gasteiger charge is 2.35. The van der Waals surface area contributed by atoms with Gasteiger partial charge in [-0.15, -0.1) is 0 Å². The predicted molar refractivity (Wildman–Crippen MR) is 97.2 cm³/mol. The number of aromatic amines is 1. The zero-order valence-electron chi connectivity index (χ0n) is 14.3. The van der Waals surface area contributed by atoms with E-state index in [1.54, 1.807) is 18.2 Å². The Balaban J connectivity index is 1.60. The van der Waals surface area contributed by atoms with Crippen LogP contribution in [0.3, 0.4) is 0 Å². The van der Waals surface area contributed by atoms with Crippen LogP contribution in [0.25, 0.3) is 10.9 Å². The van der Waals surface area contributed by atoms with E-state index < -0.39 is 6.09 Å². The molecule has 1 aromatic heterocycles. The van der Waals surface area contributed by atoms with E-state index in [1.165, 1.54) is 6.20 Å². The van der Waals surface area contributed by atoms with Crippen molar-refractivity contribution in [2.24, 2.45) is 5.92 Å². The second kappa shape index (κ2) is 6.45. The molecule has 5 rings (SSSR count). The van der Waals surface area contributed by atoms with Gasteiger partial charge in [0.05, 0.1) is 11.2 Å². The number of nitrogens with zero attached hydrogens (tertiary/aromatic N) is 3. The minimum absolute atomic E-state index is 0.142. The SMILES string of the molecule is C=CN(C(=O)O)c1ccc2[nH]nc(C(=O)N[C@@H]3CN4CCC3CC4)c2c1. The minimum atomic E-state index is -1.14. The quantitative estimate of drug-likeness (QED) is 0.779. The third-order valence-corrected chi connectivity index (χ3v) is 5.40. The molecule has 0 spiro atoms. The average molecular weight is 355 g/mol. The predicted octanol–water partition coefficient (Wildman–Crippen LogP) is 2.01. The smallest absolute Gasteiger partial charge is 0.415 e. The van der Waals surface area contributed by atoms with E-state index in [-0.39, 0.29) is 17.6 Å². The summed E-state index contributed by atoms with van der Waals surface area (Å²) in [5.41, 5.74) is 1.38. The molecule has 1 atom stereocenters. The van der Waals surface area contributed by atoms with Gasteiger partial charge < -0.3 is 15.3 Å². The monoisotopic (exact) mass is 355 g/mol. The van der Waals surface area contributed by atoms with Crippen LogP contribution in [0.2, 0.25) is 0 Å². The molecule has 26 heavy (non-hydrogen) atoms. The molecule has 2 aromatic rings. The van der Waals surface area contributed by atoms with Crippen molar-refractivity contribution in [2.75, 3.05) is 24.5 Å². The fraction of sp³-hybridized carbons (Fsp3) is 0.389. The van der Waals surface area contributed by atoms with Gasteiger partial charge >= 0.3 is 6.09 Å². The molecule has 0 saturated carbocycles. The van der Waals surface area contributed by atoms with Gasteiger partial charge in [-0.25, -0.2) is 4.79 Å². The first-order chi connectivity index (χ1) is 12.6. The number of hydrogen-bond acceptors (Lipinski definition) is 4. The first-order valence-electron chi connectivity index (χ1n) is 8.73. The standard InChI is InChI=1S/C18H21N5O3/c1-2-23(18(25)26)12-3-4-14-13(9-12)16(21-20-14)17(24)19-15-10-22-7-5-11(15)6-8-22/h2-4,9,11,15H,1,5-8,10H2,(H,19,24)(H,20,21)(H,25,26)/t15-/m1/s1. The third kappa shape index (κ3) is 2.82. The summed E-state index contributed by atoms with van der Waals surface area (Å²) < 4.78 is 0. The number of benzene rings is 1. The highest BCUT2D eigenvalue weighted by atomic mass is 16.4. The van der Waals surface area contributed by atoms with Crippen LogP contribution in [-0.2, 0) is 0 Å². The molecule has 4 heterocycles. The Hall–Kier alpha value is -2.87. The summed E-state index contributed by atoms with van der Waals surface area (Å²) in [5, 5.41) is 20.0. The number of anilines is 1. The largest absolute Gasteiger partial charge is 0.464 e. The van der Waals surface area contributed by atoms with Crippen molar-refractivity contribution in [3.05, 3.63) is 36.7 Å². The lowest BCUT2D eigenvalue weighted by Gasteiger charge is -2.44. The summed E-state index contributed by atoms with van der Waals surface area (Å²) in [6.07, 6.45) is 2.31. The third-order valence-electron chi connectivity index (χ3n) is 5.40. The van der Waals surface area contributed by atoms with Gasteiger partial charge in [0.1, 0.15) is 0 Å². The van der Waals surface area contributed by atoms with Crippen molar-refractivity contribution in [3.8, 4) is 0 Å². The summed E-state index contributed by atoms with van der Waals surface area (Å²) >= 11 is 0. The maximum absolute atomic E-state index is 12.8. The minimum Gasteiger partial charge on any atom is -0.464 e. The Kier molecular flexibility index (Phi) is 4.12. The van der Waals surface area contributed by atoms with Crippen LogP contribution in [0.5, 0.6) is 0 Å². The van der Waals surface area contributed by atoms with Crippen LogP contribution >= 0.6 is 0 Å². The molecule has 3 aliphatic rings. The van der Waals surface area contributed by atoms with Crippen LogP contribution in [-0.4, -0.2) is 57.9 Å². The Morgan fingerprint density at radius 1 is 1.38 bits per heavy atom. The molecule has 2 bridgehead atoms. The Morgan fingerprint density at radius 2 is 2.15 bits per heavy atom. The normalized spacial score (nSPS) is 24.4. The number of H-pyrrole nitrogens is 1. The van der Waals surface area contributed by atoms with Gasteiger partial charge in [0, 0.05) is 24.2 Å². The number of carbonyl (C=O) groups is 2. The molecular formula is C18H21N5O3. The molecule has 0 unspecified atom stereocenters. The molecule has 136 valence electrons. The number of carboxylic acid groups (broad SMARTS) is 1. The van der Waals surface area contributed by atoms with Crippen LogP contribution in [0.4, 0.5) is 10.5 Å². The highest BCUT2D eigenvalue weighted by molar-refractivity contribution is 6.06. The van der Waals surface area contributed by atoms with Crippen molar-refractivity contribution in [1.82, 2.24) is 20.4 Å². The Labute approximate surface area is 150 Å². The molecule has 8 heteroatoms. The molecule has 3 saturated heterocycles. The first-order valence-corrected chi connectivity index (χ1v) is 8.73. The number of amides is 2. The fourth-order valence-electron chi connectivity index (χ4n) is 3.98. The van der Waals surface area contributed by atoms with Crippen LogP contribution in [0, 0.1) is 5.92 Å².